The second kappa shape index (κ2) is 8.39. The van der Waals surface area contributed by atoms with Gasteiger partial charge in [-0.3, -0.25) is 0 Å². The first-order valence-electron chi connectivity index (χ1n) is 5.77. The number of rotatable bonds is 8. The predicted molar refractivity (Wildman–Crippen MR) is 73.1 cm³/mol. The third-order valence-electron chi connectivity index (χ3n) is 2.31. The van der Waals surface area contributed by atoms with Gasteiger partial charge in [-0.25, -0.2) is 0 Å². The van der Waals surface area contributed by atoms with E-state index in [0.717, 1.165) is 25.4 Å². The van der Waals surface area contributed by atoms with E-state index in [2.05, 4.69) is 24.6 Å². The fourth-order valence-electron chi connectivity index (χ4n) is 1.45. The van der Waals surface area contributed by atoms with Crippen LogP contribution in [0.15, 0.2) is 29.2 Å². The summed E-state index contributed by atoms with van der Waals surface area (Å²) in [7, 11) is 1.70. The third-order valence-corrected chi connectivity index (χ3v) is 3.09. The summed E-state index contributed by atoms with van der Waals surface area (Å²) in [5.74, 6) is 0.959. The molecule has 0 saturated heterocycles. The largest absolute Gasteiger partial charge is 0.488 e. The van der Waals surface area contributed by atoms with Crippen LogP contribution in [0.2, 0.25) is 0 Å². The summed E-state index contributed by atoms with van der Waals surface area (Å²) in [6.07, 6.45) is 2.21. The van der Waals surface area contributed by atoms with Gasteiger partial charge in [-0.2, -0.15) is 0 Å². The quantitative estimate of drug-likeness (QED) is 0.571. The summed E-state index contributed by atoms with van der Waals surface area (Å²) < 4.78 is 10.9. The number of thioether (sulfide) groups is 1. The highest BCUT2D eigenvalue weighted by Gasteiger charge is 2.06. The molecule has 0 saturated carbocycles. The molecule has 1 aromatic carbocycles. The molecule has 1 aromatic rings. The second-order valence-electron chi connectivity index (χ2n) is 3.78. The van der Waals surface area contributed by atoms with Gasteiger partial charge in [0.25, 0.3) is 0 Å². The maximum atomic E-state index is 5.89. The molecule has 4 heteroatoms. The van der Waals surface area contributed by atoms with Crippen molar-refractivity contribution in [3.8, 4) is 5.75 Å². The van der Waals surface area contributed by atoms with Crippen LogP contribution in [0.5, 0.6) is 5.75 Å². The number of ether oxygens (including phenoxy) is 2. The molecular formula is C13H21NO2S. The Morgan fingerprint density at radius 3 is 2.82 bits per heavy atom. The third kappa shape index (κ3) is 5.44. The number of para-hydroxylation sites is 1. The maximum absolute atomic E-state index is 5.89. The van der Waals surface area contributed by atoms with Crippen molar-refractivity contribution < 1.29 is 9.47 Å². The molecule has 0 bridgehead atoms. The van der Waals surface area contributed by atoms with Gasteiger partial charge in [-0.05, 0) is 25.3 Å². The van der Waals surface area contributed by atoms with Crippen molar-refractivity contribution in [3.63, 3.8) is 0 Å². The summed E-state index contributed by atoms with van der Waals surface area (Å²) >= 11 is 1.70. The maximum Gasteiger partial charge on any atom is 0.133 e. The molecule has 1 atom stereocenters. The van der Waals surface area contributed by atoms with E-state index in [-0.39, 0.29) is 6.10 Å². The van der Waals surface area contributed by atoms with E-state index in [9.17, 15) is 0 Å². The molecule has 0 fully saturated rings. The van der Waals surface area contributed by atoms with Crippen LogP contribution < -0.4 is 10.1 Å². The van der Waals surface area contributed by atoms with Crippen LogP contribution in [0.1, 0.15) is 6.92 Å². The van der Waals surface area contributed by atoms with Crippen molar-refractivity contribution in [3.05, 3.63) is 24.3 Å². The van der Waals surface area contributed by atoms with Gasteiger partial charge in [0, 0.05) is 25.1 Å². The van der Waals surface area contributed by atoms with E-state index in [1.165, 1.54) is 4.90 Å². The smallest absolute Gasteiger partial charge is 0.133 e. The van der Waals surface area contributed by atoms with E-state index in [4.69, 9.17) is 9.47 Å². The van der Waals surface area contributed by atoms with E-state index < -0.39 is 0 Å². The van der Waals surface area contributed by atoms with Crippen LogP contribution in [0.25, 0.3) is 0 Å². The lowest BCUT2D eigenvalue weighted by atomic mass is 10.3. The van der Waals surface area contributed by atoms with Gasteiger partial charge in [-0.15, -0.1) is 11.8 Å². The lowest BCUT2D eigenvalue weighted by Gasteiger charge is -2.17. The minimum atomic E-state index is 0.153. The Morgan fingerprint density at radius 1 is 1.35 bits per heavy atom. The fourth-order valence-corrected chi connectivity index (χ4v) is 1.99. The summed E-state index contributed by atoms with van der Waals surface area (Å²) in [5.41, 5.74) is 0. The van der Waals surface area contributed by atoms with E-state index >= 15 is 0 Å². The zero-order chi connectivity index (χ0) is 12.5. The molecule has 1 unspecified atom stereocenters. The van der Waals surface area contributed by atoms with Crippen molar-refractivity contribution in [2.24, 2.45) is 0 Å². The Hall–Kier alpha value is -0.710. The van der Waals surface area contributed by atoms with Crippen LogP contribution in [0.3, 0.4) is 0 Å². The molecule has 0 heterocycles. The number of hydrogen-bond donors (Lipinski definition) is 1. The molecule has 1 N–H and O–H groups in total. The molecule has 0 aromatic heterocycles. The lowest BCUT2D eigenvalue weighted by molar-refractivity contribution is 0.182. The minimum absolute atomic E-state index is 0.153. The highest BCUT2D eigenvalue weighted by molar-refractivity contribution is 7.98. The molecule has 1 rings (SSSR count). The first-order chi connectivity index (χ1) is 8.27. The van der Waals surface area contributed by atoms with Gasteiger partial charge >= 0.3 is 0 Å². The van der Waals surface area contributed by atoms with Crippen LogP contribution in [0.4, 0.5) is 0 Å². The predicted octanol–water partition coefficient (Wildman–Crippen LogP) is 2.41. The van der Waals surface area contributed by atoms with Crippen molar-refractivity contribution >= 4 is 11.8 Å². The Morgan fingerprint density at radius 2 is 2.12 bits per heavy atom. The minimum Gasteiger partial charge on any atom is -0.488 e. The zero-order valence-corrected chi connectivity index (χ0v) is 11.5. The number of nitrogens with one attached hydrogen (secondary N) is 1. The molecule has 0 aliphatic carbocycles. The zero-order valence-electron chi connectivity index (χ0n) is 10.7. The highest BCUT2D eigenvalue weighted by atomic mass is 32.2. The SMILES string of the molecule is COCCNCC(C)Oc1ccccc1SC. The standard InChI is InChI=1S/C13H21NO2S/c1-11(10-14-8-9-15-2)16-12-6-4-5-7-13(12)17-3/h4-7,11,14H,8-10H2,1-3H3. The molecule has 0 radical (unpaired) electrons. The van der Waals surface area contributed by atoms with Crippen LogP contribution >= 0.6 is 11.8 Å². The van der Waals surface area contributed by atoms with Gasteiger partial charge in [0.15, 0.2) is 0 Å². The van der Waals surface area contributed by atoms with Crippen molar-refractivity contribution in [2.75, 3.05) is 33.1 Å². The second-order valence-corrected chi connectivity index (χ2v) is 4.62. The lowest BCUT2D eigenvalue weighted by Crippen LogP contribution is -2.31. The number of benzene rings is 1. The van der Waals surface area contributed by atoms with Gasteiger partial charge in [0.05, 0.1) is 6.61 Å². The van der Waals surface area contributed by atoms with E-state index in [1.807, 2.05) is 18.2 Å². The number of hydrogen-bond acceptors (Lipinski definition) is 4. The van der Waals surface area contributed by atoms with E-state index in [1.54, 1.807) is 18.9 Å². The topological polar surface area (TPSA) is 30.5 Å². The van der Waals surface area contributed by atoms with Crippen LogP contribution in [-0.4, -0.2) is 39.2 Å². The monoisotopic (exact) mass is 255 g/mol. The molecule has 0 spiro atoms. The Bertz CT molecular complexity index is 320. The van der Waals surface area contributed by atoms with Gasteiger partial charge in [0.1, 0.15) is 11.9 Å². The number of methoxy groups -OCH3 is 1. The summed E-state index contributed by atoms with van der Waals surface area (Å²) in [6, 6.07) is 8.11. The van der Waals surface area contributed by atoms with Crippen molar-refractivity contribution in [2.45, 2.75) is 17.9 Å². The first kappa shape index (κ1) is 14.4. The highest BCUT2D eigenvalue weighted by Crippen LogP contribution is 2.27. The molecule has 3 nitrogen and oxygen atoms in total. The molecule has 0 aliphatic rings. The molecule has 0 amide bonds. The molecule has 0 aliphatic heterocycles. The van der Waals surface area contributed by atoms with Crippen molar-refractivity contribution in [1.82, 2.24) is 5.32 Å². The molecule has 17 heavy (non-hydrogen) atoms. The average molecular weight is 255 g/mol. The summed E-state index contributed by atoms with van der Waals surface area (Å²) in [5, 5.41) is 3.29. The summed E-state index contributed by atoms with van der Waals surface area (Å²) in [6.45, 7) is 4.48. The fraction of sp³-hybridized carbons (Fsp3) is 0.538. The Labute approximate surface area is 108 Å². The Kier molecular flexibility index (Phi) is 7.08. The molecular weight excluding hydrogens is 234 g/mol. The first-order valence-corrected chi connectivity index (χ1v) is 6.99. The van der Waals surface area contributed by atoms with Gasteiger partial charge < -0.3 is 14.8 Å². The normalized spacial score (nSPS) is 12.4. The van der Waals surface area contributed by atoms with Crippen LogP contribution in [-0.2, 0) is 4.74 Å². The van der Waals surface area contributed by atoms with Gasteiger partial charge in [0.2, 0.25) is 0 Å². The van der Waals surface area contributed by atoms with E-state index in [0.29, 0.717) is 0 Å². The van der Waals surface area contributed by atoms with Crippen molar-refractivity contribution in [1.29, 1.82) is 0 Å². The van der Waals surface area contributed by atoms with Gasteiger partial charge in [-0.1, -0.05) is 12.1 Å². The molecule has 96 valence electrons. The average Bonchev–Trinajstić information content (AvgIpc) is 2.35. The van der Waals surface area contributed by atoms with Crippen LogP contribution in [0, 0.1) is 0 Å². The Balaban J connectivity index is 2.36. The summed E-state index contributed by atoms with van der Waals surface area (Å²) in [4.78, 5) is 1.18.